The van der Waals surface area contributed by atoms with Crippen molar-refractivity contribution in [3.8, 4) is 0 Å². The SMILES string of the molecule is CCCCCc1nn2c(C)nnc2s1. The summed E-state index contributed by atoms with van der Waals surface area (Å²) in [6, 6.07) is 0. The van der Waals surface area contributed by atoms with E-state index in [4.69, 9.17) is 0 Å². The number of aryl methyl sites for hydroxylation is 2. The Labute approximate surface area is 87.0 Å². The summed E-state index contributed by atoms with van der Waals surface area (Å²) in [5, 5.41) is 13.6. The Morgan fingerprint density at radius 1 is 1.29 bits per heavy atom. The Morgan fingerprint density at radius 2 is 2.14 bits per heavy atom. The van der Waals surface area contributed by atoms with E-state index in [-0.39, 0.29) is 0 Å². The monoisotopic (exact) mass is 210 g/mol. The zero-order valence-corrected chi connectivity index (χ0v) is 9.34. The van der Waals surface area contributed by atoms with Crippen LogP contribution in [0.4, 0.5) is 0 Å². The maximum atomic E-state index is 4.45. The van der Waals surface area contributed by atoms with Crippen molar-refractivity contribution in [2.75, 3.05) is 0 Å². The number of unbranched alkanes of at least 4 members (excludes halogenated alkanes) is 2. The van der Waals surface area contributed by atoms with E-state index in [1.54, 1.807) is 11.3 Å². The van der Waals surface area contributed by atoms with Gasteiger partial charge in [-0.15, -0.1) is 10.2 Å². The van der Waals surface area contributed by atoms with Crippen molar-refractivity contribution in [1.29, 1.82) is 0 Å². The molecule has 0 unspecified atom stereocenters. The zero-order valence-electron chi connectivity index (χ0n) is 8.53. The van der Waals surface area contributed by atoms with Gasteiger partial charge in [-0.1, -0.05) is 31.1 Å². The van der Waals surface area contributed by atoms with Crippen LogP contribution in [0.1, 0.15) is 37.0 Å². The summed E-state index contributed by atoms with van der Waals surface area (Å²) in [5.74, 6) is 0.873. The fourth-order valence-electron chi connectivity index (χ4n) is 1.38. The maximum Gasteiger partial charge on any atom is 0.234 e. The molecule has 2 heterocycles. The summed E-state index contributed by atoms with van der Waals surface area (Å²) >= 11 is 1.65. The van der Waals surface area contributed by atoms with Crippen LogP contribution in [-0.2, 0) is 6.42 Å². The van der Waals surface area contributed by atoms with Crippen molar-refractivity contribution in [2.45, 2.75) is 39.5 Å². The molecule has 0 radical (unpaired) electrons. The maximum absolute atomic E-state index is 4.45. The number of aromatic nitrogens is 4. The molecule has 0 aromatic carbocycles. The van der Waals surface area contributed by atoms with Crippen molar-refractivity contribution < 1.29 is 0 Å². The van der Waals surface area contributed by atoms with Gasteiger partial charge in [-0.25, -0.2) is 0 Å². The third kappa shape index (κ3) is 1.77. The van der Waals surface area contributed by atoms with Gasteiger partial charge in [0.1, 0.15) is 5.01 Å². The highest BCUT2D eigenvalue weighted by molar-refractivity contribution is 7.16. The van der Waals surface area contributed by atoms with Crippen LogP contribution in [-0.4, -0.2) is 19.8 Å². The van der Waals surface area contributed by atoms with Crippen molar-refractivity contribution in [3.63, 3.8) is 0 Å². The quantitative estimate of drug-likeness (QED) is 0.727. The third-order valence-electron chi connectivity index (χ3n) is 2.18. The van der Waals surface area contributed by atoms with E-state index in [1.165, 1.54) is 24.3 Å². The molecule has 0 aliphatic heterocycles. The Bertz CT molecular complexity index is 417. The normalized spacial score (nSPS) is 11.3. The molecular weight excluding hydrogens is 196 g/mol. The van der Waals surface area contributed by atoms with Crippen molar-refractivity contribution in [2.24, 2.45) is 0 Å². The lowest BCUT2D eigenvalue weighted by atomic mass is 10.2. The number of hydrogen-bond donors (Lipinski definition) is 0. The van der Waals surface area contributed by atoms with E-state index < -0.39 is 0 Å². The van der Waals surface area contributed by atoms with Gasteiger partial charge in [-0.2, -0.15) is 9.61 Å². The van der Waals surface area contributed by atoms with E-state index in [1.807, 2.05) is 11.4 Å². The predicted octanol–water partition coefficient (Wildman–Crippen LogP) is 2.23. The standard InChI is InChI=1S/C9H14N4S/c1-3-4-5-6-8-12-13-7(2)10-11-9(13)14-8/h3-6H2,1-2H3. The summed E-state index contributed by atoms with van der Waals surface area (Å²) < 4.78 is 1.83. The van der Waals surface area contributed by atoms with E-state index >= 15 is 0 Å². The Balaban J connectivity index is 2.11. The van der Waals surface area contributed by atoms with Crippen molar-refractivity contribution in [3.05, 3.63) is 10.8 Å². The predicted molar refractivity (Wildman–Crippen MR) is 56.6 cm³/mol. The highest BCUT2D eigenvalue weighted by Gasteiger charge is 2.07. The molecule has 14 heavy (non-hydrogen) atoms. The zero-order chi connectivity index (χ0) is 9.97. The Hall–Kier alpha value is -0.970. The molecule has 0 spiro atoms. The summed E-state index contributed by atoms with van der Waals surface area (Å²) in [4.78, 5) is 0.911. The molecule has 0 aliphatic rings. The van der Waals surface area contributed by atoms with Crippen LogP contribution in [0.2, 0.25) is 0 Å². The van der Waals surface area contributed by atoms with Gasteiger partial charge in [0.25, 0.3) is 0 Å². The average molecular weight is 210 g/mol. The van der Waals surface area contributed by atoms with Gasteiger partial charge in [0, 0.05) is 6.42 Å². The van der Waals surface area contributed by atoms with E-state index in [2.05, 4.69) is 22.2 Å². The first-order valence-corrected chi connectivity index (χ1v) is 5.80. The second kappa shape index (κ2) is 4.04. The molecule has 0 amide bonds. The number of fused-ring (bicyclic) bond motifs is 1. The second-order valence-corrected chi connectivity index (χ2v) is 4.44. The van der Waals surface area contributed by atoms with Crippen LogP contribution in [0.5, 0.6) is 0 Å². The smallest absolute Gasteiger partial charge is 0.188 e. The lowest BCUT2D eigenvalue weighted by Crippen LogP contribution is -1.91. The average Bonchev–Trinajstić information content (AvgIpc) is 2.70. The van der Waals surface area contributed by atoms with Gasteiger partial charge in [-0.3, -0.25) is 0 Å². The van der Waals surface area contributed by atoms with Crippen LogP contribution in [0, 0.1) is 6.92 Å². The summed E-state index contributed by atoms with van der Waals surface area (Å²) in [6.45, 7) is 4.14. The molecule has 0 saturated carbocycles. The fraction of sp³-hybridized carbons (Fsp3) is 0.667. The van der Waals surface area contributed by atoms with E-state index in [0.29, 0.717) is 0 Å². The van der Waals surface area contributed by atoms with E-state index in [0.717, 1.165) is 17.2 Å². The molecule has 0 bridgehead atoms. The lowest BCUT2D eigenvalue weighted by molar-refractivity contribution is 0.704. The topological polar surface area (TPSA) is 43.1 Å². The summed E-state index contributed by atoms with van der Waals surface area (Å²) in [5.41, 5.74) is 0. The molecule has 2 aromatic heterocycles. The van der Waals surface area contributed by atoms with Crippen LogP contribution >= 0.6 is 11.3 Å². The minimum atomic E-state index is 0.873. The van der Waals surface area contributed by atoms with Crippen LogP contribution in [0.25, 0.3) is 4.96 Å². The molecular formula is C9H14N4S. The minimum absolute atomic E-state index is 0.873. The first-order chi connectivity index (χ1) is 6.81. The molecule has 0 fully saturated rings. The second-order valence-electron chi connectivity index (χ2n) is 3.39. The van der Waals surface area contributed by atoms with Gasteiger partial charge in [0.05, 0.1) is 0 Å². The molecule has 0 aliphatic carbocycles. The third-order valence-corrected chi connectivity index (χ3v) is 3.14. The highest BCUT2D eigenvalue weighted by Crippen LogP contribution is 2.15. The molecule has 4 nitrogen and oxygen atoms in total. The minimum Gasteiger partial charge on any atom is -0.188 e. The first-order valence-electron chi connectivity index (χ1n) is 4.99. The summed E-state index contributed by atoms with van der Waals surface area (Å²) in [6.07, 6.45) is 4.82. The van der Waals surface area contributed by atoms with Gasteiger partial charge >= 0.3 is 0 Å². The van der Waals surface area contributed by atoms with Crippen LogP contribution < -0.4 is 0 Å². The van der Waals surface area contributed by atoms with Crippen molar-refractivity contribution >= 4 is 16.3 Å². The van der Waals surface area contributed by atoms with Gasteiger partial charge in [0.2, 0.25) is 4.96 Å². The lowest BCUT2D eigenvalue weighted by Gasteiger charge is -1.92. The Kier molecular flexibility index (Phi) is 2.77. The van der Waals surface area contributed by atoms with Crippen LogP contribution in [0.3, 0.4) is 0 Å². The fourth-order valence-corrected chi connectivity index (χ4v) is 2.30. The number of rotatable bonds is 4. The molecule has 2 aromatic rings. The highest BCUT2D eigenvalue weighted by atomic mass is 32.1. The number of nitrogens with zero attached hydrogens (tertiary/aromatic N) is 4. The van der Waals surface area contributed by atoms with Crippen LogP contribution in [0.15, 0.2) is 0 Å². The Morgan fingerprint density at radius 3 is 2.86 bits per heavy atom. The molecule has 0 N–H and O–H groups in total. The molecule has 5 heteroatoms. The van der Waals surface area contributed by atoms with E-state index in [9.17, 15) is 0 Å². The van der Waals surface area contributed by atoms with Gasteiger partial charge in [-0.05, 0) is 13.3 Å². The van der Waals surface area contributed by atoms with Crippen molar-refractivity contribution in [1.82, 2.24) is 19.8 Å². The van der Waals surface area contributed by atoms with Gasteiger partial charge < -0.3 is 0 Å². The summed E-state index contributed by atoms with van der Waals surface area (Å²) in [7, 11) is 0. The molecule has 0 atom stereocenters. The molecule has 76 valence electrons. The number of hydrogen-bond acceptors (Lipinski definition) is 4. The first kappa shape index (κ1) is 9.58. The van der Waals surface area contributed by atoms with Gasteiger partial charge in [0.15, 0.2) is 5.82 Å². The molecule has 0 saturated heterocycles. The molecule has 2 rings (SSSR count). The largest absolute Gasteiger partial charge is 0.234 e.